The Morgan fingerprint density at radius 2 is 1.67 bits per heavy atom. The fourth-order valence-corrected chi connectivity index (χ4v) is 4.69. The quantitative estimate of drug-likeness (QED) is 0.0711. The van der Waals surface area contributed by atoms with Crippen molar-refractivity contribution in [2.24, 2.45) is 11.5 Å². The van der Waals surface area contributed by atoms with Crippen LogP contribution in [-0.2, 0) is 44.8 Å². The van der Waals surface area contributed by atoms with Gasteiger partial charge in [0.2, 0.25) is 35.4 Å². The van der Waals surface area contributed by atoms with Gasteiger partial charge in [0.05, 0.1) is 25.4 Å². The van der Waals surface area contributed by atoms with Crippen LogP contribution in [0.15, 0.2) is 12.5 Å². The number of primary amides is 1. The van der Waals surface area contributed by atoms with Crippen molar-refractivity contribution in [3.05, 3.63) is 18.2 Å². The third-order valence-corrected chi connectivity index (χ3v) is 7.01. The molecule has 0 unspecified atom stereocenters. The van der Waals surface area contributed by atoms with Crippen molar-refractivity contribution >= 4 is 47.4 Å². The van der Waals surface area contributed by atoms with Gasteiger partial charge in [-0.15, -0.1) is 0 Å². The molecule has 0 radical (unpaired) electrons. The Morgan fingerprint density at radius 1 is 1.02 bits per heavy atom. The second-order valence-electron chi connectivity index (χ2n) is 10.6. The van der Waals surface area contributed by atoms with Crippen LogP contribution in [0.5, 0.6) is 0 Å². The monoisotopic (exact) mass is 653 g/mol. The Balaban J connectivity index is 2.30. The second-order valence-corrected chi connectivity index (χ2v) is 10.6. The van der Waals surface area contributed by atoms with E-state index in [4.69, 9.17) is 11.5 Å². The average Bonchev–Trinajstić information content (AvgIpc) is 3.68. The minimum atomic E-state index is -1.73. The molecule has 1 aromatic rings. The summed E-state index contributed by atoms with van der Waals surface area (Å²) in [6.45, 7) is 0.647. The van der Waals surface area contributed by atoms with Crippen LogP contribution in [0.4, 0.5) is 0 Å². The first-order valence-electron chi connectivity index (χ1n) is 14.2. The number of rotatable bonds is 18. The van der Waals surface area contributed by atoms with E-state index < -0.39 is 96.7 Å². The number of nitrogens with two attached hydrogens (primary N) is 2. The zero-order valence-corrected chi connectivity index (χ0v) is 24.9. The zero-order chi connectivity index (χ0) is 34.6. The van der Waals surface area contributed by atoms with E-state index in [1.807, 2.05) is 0 Å². The van der Waals surface area contributed by atoms with Crippen molar-refractivity contribution in [3.8, 4) is 0 Å². The van der Waals surface area contributed by atoms with Crippen LogP contribution in [0.2, 0.25) is 0 Å². The molecule has 20 heteroatoms. The van der Waals surface area contributed by atoms with Gasteiger partial charge in [0.15, 0.2) is 6.04 Å². The van der Waals surface area contributed by atoms with Gasteiger partial charge in [-0.1, -0.05) is 0 Å². The zero-order valence-electron chi connectivity index (χ0n) is 24.9. The summed E-state index contributed by atoms with van der Waals surface area (Å²) >= 11 is 0. The lowest BCUT2D eigenvalue weighted by atomic mass is 10.1. The molecule has 2 rings (SSSR count). The maximum Gasteiger partial charge on any atom is 0.328 e. The lowest BCUT2D eigenvalue weighted by molar-refractivity contribution is -0.148. The molecule has 1 aromatic heterocycles. The summed E-state index contributed by atoms with van der Waals surface area (Å²) in [5.41, 5.74) is 10.8. The third kappa shape index (κ3) is 11.1. The molecule has 254 valence electrons. The summed E-state index contributed by atoms with van der Waals surface area (Å²) in [6, 6.07) is -7.43. The number of aliphatic hydroxyl groups excluding tert-OH is 1. The number of nitrogens with zero attached hydrogens (tertiary/aromatic N) is 2. The molecule has 46 heavy (non-hydrogen) atoms. The number of likely N-dealkylation sites (tertiary alicyclic amines) is 1. The second kappa shape index (κ2) is 17.4. The van der Waals surface area contributed by atoms with Crippen molar-refractivity contribution in [2.75, 3.05) is 13.1 Å². The third-order valence-electron chi connectivity index (χ3n) is 7.01. The van der Waals surface area contributed by atoms with E-state index in [9.17, 15) is 53.7 Å². The summed E-state index contributed by atoms with van der Waals surface area (Å²) in [4.78, 5) is 107. The van der Waals surface area contributed by atoms with Crippen molar-refractivity contribution < 1.29 is 53.7 Å². The van der Waals surface area contributed by atoms with Gasteiger partial charge in [-0.05, 0) is 26.2 Å². The highest BCUT2D eigenvalue weighted by molar-refractivity contribution is 5.97. The standard InChI is InChI=1S/C26H39N9O11/c1-12(36)21(26(45)46)34-24(43)17-3-2-6-35(17)25(44)16(8-20(39)40)33-23(42)15(7-13-10-29-11-30-13)32-22(41)14(4-5-18(28)37)31-19(38)9-27/h10-12,14-17,21,36H,2-9,27H2,1H3,(H2,28,37)(H,29,30)(H,31,38)(H,32,41)(H,33,42)(H,34,43)(H,39,40)(H,45,46)/t12-,14+,15+,16+,17+,21+/m1/s1. The van der Waals surface area contributed by atoms with Gasteiger partial charge in [-0.3, -0.25) is 33.6 Å². The summed E-state index contributed by atoms with van der Waals surface area (Å²) in [5, 5.41) is 37.8. The maximum atomic E-state index is 13.6. The molecule has 1 fully saturated rings. The Bertz CT molecular complexity index is 1290. The van der Waals surface area contributed by atoms with Gasteiger partial charge in [0.1, 0.15) is 24.2 Å². The summed E-state index contributed by atoms with van der Waals surface area (Å²) < 4.78 is 0. The highest BCUT2D eigenvalue weighted by atomic mass is 16.4. The number of carboxylic acid groups (broad SMARTS) is 2. The first kappa shape index (κ1) is 37.1. The number of aromatic nitrogens is 2. The SMILES string of the molecule is C[C@@H](O)[C@H](NC(=O)[C@@H]1CCCN1C(=O)[C@H](CC(=O)O)NC(=O)[C@H](Cc1cnc[nH]1)NC(=O)[C@H](CCC(N)=O)NC(=O)CN)C(=O)O. The molecular formula is C26H39N9O11. The number of aromatic amines is 1. The molecular weight excluding hydrogens is 614 g/mol. The van der Waals surface area contributed by atoms with Crippen molar-refractivity contribution in [1.82, 2.24) is 36.1 Å². The minimum absolute atomic E-state index is 0.0218. The molecule has 1 saturated heterocycles. The normalized spacial score (nSPS) is 17.5. The number of hydrogen-bond acceptors (Lipinski definition) is 11. The summed E-state index contributed by atoms with van der Waals surface area (Å²) in [6.07, 6.45) is -0.119. The predicted octanol–water partition coefficient (Wildman–Crippen LogP) is -4.95. The van der Waals surface area contributed by atoms with E-state index in [-0.39, 0.29) is 32.2 Å². The van der Waals surface area contributed by atoms with E-state index in [0.29, 0.717) is 12.1 Å². The molecule has 1 aliphatic heterocycles. The van der Waals surface area contributed by atoms with Crippen LogP contribution in [0.1, 0.15) is 44.7 Å². The molecule has 20 nitrogen and oxygen atoms in total. The minimum Gasteiger partial charge on any atom is -0.481 e. The van der Waals surface area contributed by atoms with Crippen molar-refractivity contribution in [1.29, 1.82) is 0 Å². The smallest absolute Gasteiger partial charge is 0.328 e. The van der Waals surface area contributed by atoms with E-state index in [0.717, 1.165) is 11.8 Å². The number of aliphatic hydroxyl groups is 1. The number of hydrogen-bond donors (Lipinski definition) is 10. The Morgan fingerprint density at radius 3 is 2.22 bits per heavy atom. The number of H-pyrrole nitrogens is 1. The van der Waals surface area contributed by atoms with E-state index in [1.54, 1.807) is 0 Å². The van der Waals surface area contributed by atoms with E-state index in [1.165, 1.54) is 12.5 Å². The molecule has 2 heterocycles. The molecule has 0 spiro atoms. The van der Waals surface area contributed by atoms with Gasteiger partial charge in [-0.25, -0.2) is 9.78 Å². The predicted molar refractivity (Wildman–Crippen MR) is 154 cm³/mol. The average molecular weight is 654 g/mol. The molecule has 6 amide bonds. The first-order valence-corrected chi connectivity index (χ1v) is 14.2. The number of carbonyl (C=O) groups excluding carboxylic acids is 6. The molecule has 12 N–H and O–H groups in total. The largest absolute Gasteiger partial charge is 0.481 e. The van der Waals surface area contributed by atoms with E-state index in [2.05, 4.69) is 31.2 Å². The fourth-order valence-electron chi connectivity index (χ4n) is 4.69. The maximum absolute atomic E-state index is 13.6. The molecule has 0 aromatic carbocycles. The number of carbonyl (C=O) groups is 8. The van der Waals surface area contributed by atoms with Gasteiger partial charge in [-0.2, -0.15) is 0 Å². The number of amides is 6. The first-order chi connectivity index (χ1) is 21.6. The Kier molecular flexibility index (Phi) is 14.0. The van der Waals surface area contributed by atoms with Crippen molar-refractivity contribution in [3.63, 3.8) is 0 Å². The molecule has 0 aliphatic carbocycles. The Hall–Kier alpha value is -5.11. The number of aliphatic carboxylic acids is 2. The van der Waals surface area contributed by atoms with Crippen LogP contribution in [0.3, 0.4) is 0 Å². The van der Waals surface area contributed by atoms with Crippen LogP contribution < -0.4 is 32.7 Å². The highest BCUT2D eigenvalue weighted by Crippen LogP contribution is 2.20. The van der Waals surface area contributed by atoms with Gasteiger partial charge >= 0.3 is 11.9 Å². The van der Waals surface area contributed by atoms with Gasteiger partial charge in [0, 0.05) is 31.3 Å². The molecule has 6 atom stereocenters. The number of imidazole rings is 1. The highest BCUT2D eigenvalue weighted by Gasteiger charge is 2.41. The Labute approximate surface area is 262 Å². The van der Waals surface area contributed by atoms with Crippen molar-refractivity contribution in [2.45, 2.75) is 81.8 Å². The van der Waals surface area contributed by atoms with Crippen LogP contribution >= 0.6 is 0 Å². The topological polar surface area (TPSA) is 329 Å². The lowest BCUT2D eigenvalue weighted by Crippen LogP contribution is -2.60. The summed E-state index contributed by atoms with van der Waals surface area (Å²) in [7, 11) is 0. The lowest BCUT2D eigenvalue weighted by Gasteiger charge is -2.30. The van der Waals surface area contributed by atoms with Gasteiger partial charge in [0.25, 0.3) is 0 Å². The fraction of sp³-hybridized carbons (Fsp3) is 0.577. The molecule has 0 bridgehead atoms. The number of carboxylic acids is 2. The number of nitrogens with one attached hydrogen (secondary N) is 5. The van der Waals surface area contributed by atoms with Crippen LogP contribution in [0.25, 0.3) is 0 Å². The van der Waals surface area contributed by atoms with Gasteiger partial charge < -0.3 is 57.9 Å². The molecule has 0 saturated carbocycles. The summed E-state index contributed by atoms with van der Waals surface area (Å²) in [5.74, 6) is -8.28. The van der Waals surface area contributed by atoms with E-state index >= 15 is 0 Å². The van der Waals surface area contributed by atoms with Crippen LogP contribution in [0, 0.1) is 0 Å². The van der Waals surface area contributed by atoms with Crippen LogP contribution in [-0.4, -0.2) is 127 Å². The molecule has 1 aliphatic rings.